The zero-order valence-electron chi connectivity index (χ0n) is 27.1. The average molecular weight is 633 g/mol. The van der Waals surface area contributed by atoms with Crippen LogP contribution < -0.4 is 0 Å². The fraction of sp³-hybridized carbons (Fsp3) is 0. The summed E-state index contributed by atoms with van der Waals surface area (Å²) in [6, 6.07) is 62.9. The first-order valence-corrected chi connectivity index (χ1v) is 17.4. The van der Waals surface area contributed by atoms with Crippen LogP contribution in [0.1, 0.15) is 0 Å². The molecule has 0 unspecified atom stereocenters. The van der Waals surface area contributed by atoms with E-state index in [0.29, 0.717) is 0 Å². The van der Waals surface area contributed by atoms with Gasteiger partial charge in [0.05, 0.1) is 27.8 Å². The molecule has 50 heavy (non-hydrogen) atoms. The molecule has 0 amide bonds. The largest absolute Gasteiger partial charge is 0.308 e. The molecule has 2 nitrogen and oxygen atoms in total. The normalized spacial score (nSPS) is 12.4. The minimum atomic E-state index is 1.17. The Morgan fingerprint density at radius 1 is 0.300 bits per heavy atom. The van der Waals surface area contributed by atoms with Crippen molar-refractivity contribution < 1.29 is 0 Å². The number of hydrogen-bond donors (Lipinski definition) is 0. The van der Waals surface area contributed by atoms with E-state index < -0.39 is 0 Å². The van der Waals surface area contributed by atoms with Gasteiger partial charge in [0, 0.05) is 38.0 Å². The van der Waals surface area contributed by atoms with Crippen molar-refractivity contribution in [2.75, 3.05) is 0 Å². The first kappa shape index (κ1) is 26.3. The van der Waals surface area contributed by atoms with Crippen molar-refractivity contribution in [3.63, 3.8) is 0 Å². The molecule has 1 aliphatic carbocycles. The Hall–Kier alpha value is -6.64. The van der Waals surface area contributed by atoms with E-state index in [0.717, 1.165) is 0 Å². The van der Waals surface area contributed by atoms with Crippen molar-refractivity contribution in [1.29, 1.82) is 0 Å². The zero-order valence-corrected chi connectivity index (χ0v) is 27.1. The number of fused-ring (bicyclic) bond motifs is 14. The predicted octanol–water partition coefficient (Wildman–Crippen LogP) is 13.0. The summed E-state index contributed by atoms with van der Waals surface area (Å²) in [5.41, 5.74) is 12.6. The molecule has 0 fully saturated rings. The van der Waals surface area contributed by atoms with Crippen molar-refractivity contribution in [2.24, 2.45) is 0 Å². The smallest absolute Gasteiger partial charge is 0.0647 e. The second-order valence-electron chi connectivity index (χ2n) is 13.6. The first-order chi connectivity index (χ1) is 24.8. The SMILES string of the molecule is c1ccc2c(c1)-c1cccc3c(-n4c5ccccc5c5c4c4ccccc4c4c6ccccc6n(-c6ccc7ccccc7c6)c45)ccc-2c13. The Balaban J connectivity index is 1.32. The molecule has 0 aliphatic heterocycles. The van der Waals surface area contributed by atoms with Crippen LogP contribution in [0.2, 0.25) is 0 Å². The number of hydrogen-bond acceptors (Lipinski definition) is 0. The summed E-state index contributed by atoms with van der Waals surface area (Å²) >= 11 is 0. The maximum atomic E-state index is 2.56. The maximum Gasteiger partial charge on any atom is 0.0647 e. The number of rotatable bonds is 2. The summed E-state index contributed by atoms with van der Waals surface area (Å²) in [5, 5.41) is 12.8. The second kappa shape index (κ2) is 9.49. The van der Waals surface area contributed by atoms with Gasteiger partial charge in [0.25, 0.3) is 0 Å². The Morgan fingerprint density at radius 2 is 0.880 bits per heavy atom. The van der Waals surface area contributed by atoms with E-state index in [1.165, 1.54) is 110 Å². The van der Waals surface area contributed by atoms with Gasteiger partial charge in [-0.1, -0.05) is 140 Å². The summed E-state index contributed by atoms with van der Waals surface area (Å²) < 4.78 is 5.08. The lowest BCUT2D eigenvalue weighted by Crippen LogP contribution is -1.98. The molecule has 2 aromatic heterocycles. The molecule has 9 aromatic carbocycles. The van der Waals surface area contributed by atoms with Gasteiger partial charge in [0.15, 0.2) is 0 Å². The molecule has 0 bridgehead atoms. The second-order valence-corrected chi connectivity index (χ2v) is 13.6. The summed E-state index contributed by atoms with van der Waals surface area (Å²) in [5.74, 6) is 0. The summed E-state index contributed by atoms with van der Waals surface area (Å²) in [7, 11) is 0. The fourth-order valence-corrected chi connectivity index (χ4v) is 9.21. The molecule has 2 heteroatoms. The first-order valence-electron chi connectivity index (χ1n) is 17.4. The number of nitrogens with zero attached hydrogens (tertiary/aromatic N) is 2. The molecular weight excluding hydrogens is 605 g/mol. The van der Waals surface area contributed by atoms with Crippen LogP contribution in [0.5, 0.6) is 0 Å². The lowest BCUT2D eigenvalue weighted by Gasteiger charge is -2.15. The van der Waals surface area contributed by atoms with Crippen molar-refractivity contribution in [3.8, 4) is 33.6 Å². The maximum absolute atomic E-state index is 2.56. The fourth-order valence-electron chi connectivity index (χ4n) is 9.21. The van der Waals surface area contributed by atoms with Gasteiger partial charge in [0.1, 0.15) is 0 Å². The highest BCUT2D eigenvalue weighted by atomic mass is 15.0. The molecule has 0 atom stereocenters. The molecule has 12 rings (SSSR count). The van der Waals surface area contributed by atoms with Gasteiger partial charge in [0.2, 0.25) is 0 Å². The highest BCUT2D eigenvalue weighted by Crippen LogP contribution is 2.51. The Kier molecular flexibility index (Phi) is 5.00. The van der Waals surface area contributed by atoms with E-state index in [1.54, 1.807) is 0 Å². The molecule has 1 aliphatic rings. The highest BCUT2D eigenvalue weighted by Gasteiger charge is 2.27. The lowest BCUT2D eigenvalue weighted by molar-refractivity contribution is 1.19. The third-order valence-electron chi connectivity index (χ3n) is 11.2. The molecule has 2 heterocycles. The van der Waals surface area contributed by atoms with Crippen LogP contribution in [0.15, 0.2) is 170 Å². The van der Waals surface area contributed by atoms with Crippen LogP contribution >= 0.6 is 0 Å². The van der Waals surface area contributed by atoms with Crippen molar-refractivity contribution in [3.05, 3.63) is 170 Å². The monoisotopic (exact) mass is 632 g/mol. The standard InChI is InChI=1S/C48H28N2/c1-2-13-30-28-31(25-24-29(30)12-1)49-41-22-9-7-18-39(41)45-35-16-5-6-17-37(35)47-46(48(45)49)40-19-8-10-23-42(40)50(47)43-27-26-36-33-15-4-3-14-32(33)34-20-11-21-38(43)44(34)36/h1-28H. The minimum Gasteiger partial charge on any atom is -0.308 e. The van der Waals surface area contributed by atoms with E-state index >= 15 is 0 Å². The van der Waals surface area contributed by atoms with Crippen LogP contribution in [0.3, 0.4) is 0 Å². The summed E-state index contributed by atoms with van der Waals surface area (Å²) in [4.78, 5) is 0. The molecule has 0 spiro atoms. The van der Waals surface area contributed by atoms with Crippen LogP contribution in [-0.4, -0.2) is 9.13 Å². The van der Waals surface area contributed by atoms with E-state index in [-0.39, 0.29) is 0 Å². The molecule has 0 radical (unpaired) electrons. The molecule has 11 aromatic rings. The Bertz CT molecular complexity index is 3230. The van der Waals surface area contributed by atoms with Gasteiger partial charge in [-0.2, -0.15) is 0 Å². The molecule has 0 saturated carbocycles. The van der Waals surface area contributed by atoms with Crippen LogP contribution in [0.4, 0.5) is 0 Å². The topological polar surface area (TPSA) is 9.86 Å². The minimum absolute atomic E-state index is 1.17. The predicted molar refractivity (Wildman–Crippen MR) is 212 cm³/mol. The highest BCUT2D eigenvalue weighted by molar-refractivity contribution is 6.37. The van der Waals surface area contributed by atoms with Gasteiger partial charge in [-0.3, -0.25) is 0 Å². The summed E-state index contributed by atoms with van der Waals surface area (Å²) in [6.07, 6.45) is 0. The molecule has 0 saturated heterocycles. The number of benzene rings is 9. The van der Waals surface area contributed by atoms with Crippen LogP contribution in [0.25, 0.3) is 110 Å². The Labute approximate surface area is 287 Å². The average Bonchev–Trinajstić information content (AvgIpc) is 3.82. The quantitative estimate of drug-likeness (QED) is 0.179. The van der Waals surface area contributed by atoms with Gasteiger partial charge in [-0.25, -0.2) is 0 Å². The van der Waals surface area contributed by atoms with Crippen molar-refractivity contribution in [2.45, 2.75) is 0 Å². The zero-order chi connectivity index (χ0) is 32.5. The van der Waals surface area contributed by atoms with Crippen LogP contribution in [-0.2, 0) is 0 Å². The van der Waals surface area contributed by atoms with E-state index in [4.69, 9.17) is 0 Å². The van der Waals surface area contributed by atoms with E-state index in [9.17, 15) is 0 Å². The van der Waals surface area contributed by atoms with Crippen molar-refractivity contribution in [1.82, 2.24) is 9.13 Å². The molecule has 0 N–H and O–H groups in total. The third kappa shape index (κ3) is 3.23. The van der Waals surface area contributed by atoms with Gasteiger partial charge >= 0.3 is 0 Å². The molecule has 230 valence electrons. The van der Waals surface area contributed by atoms with Crippen molar-refractivity contribution >= 4 is 75.9 Å². The summed E-state index contributed by atoms with van der Waals surface area (Å²) in [6.45, 7) is 0. The molecular formula is C48H28N2. The van der Waals surface area contributed by atoms with Gasteiger partial charge in [-0.05, 0) is 74.1 Å². The number of aromatic nitrogens is 2. The van der Waals surface area contributed by atoms with Crippen LogP contribution in [0, 0.1) is 0 Å². The van der Waals surface area contributed by atoms with Gasteiger partial charge in [-0.15, -0.1) is 0 Å². The lowest BCUT2D eigenvalue weighted by atomic mass is 9.99. The van der Waals surface area contributed by atoms with E-state index in [1.807, 2.05) is 0 Å². The van der Waals surface area contributed by atoms with E-state index in [2.05, 4.69) is 179 Å². The van der Waals surface area contributed by atoms with Gasteiger partial charge < -0.3 is 9.13 Å². The number of para-hydroxylation sites is 2. The Morgan fingerprint density at radius 3 is 1.68 bits per heavy atom. The third-order valence-corrected chi connectivity index (χ3v) is 11.2.